The van der Waals surface area contributed by atoms with Gasteiger partial charge in [0, 0.05) is 11.6 Å². The molecule has 0 saturated carbocycles. The standard InChI is InChI=1S/C20H19FN2O5S/c1-9(2)14-8-29-15(22-14)7-28-18-13(21)4-11-16-19(18)27-6-10(3)23(16)5-12(17(11)24)20(25)26/h4-5,8-10H,6-7H2,1-3H3,(H,25,26)/t10-/m0/s1. The van der Waals surface area contributed by atoms with E-state index >= 15 is 0 Å². The molecule has 4 rings (SSSR count). The van der Waals surface area contributed by atoms with E-state index in [1.165, 1.54) is 17.5 Å². The van der Waals surface area contributed by atoms with Crippen LogP contribution in [0.25, 0.3) is 10.9 Å². The lowest BCUT2D eigenvalue weighted by atomic mass is 10.1. The van der Waals surface area contributed by atoms with Gasteiger partial charge in [-0.25, -0.2) is 14.2 Å². The van der Waals surface area contributed by atoms with Crippen molar-refractivity contribution in [2.75, 3.05) is 6.61 Å². The number of nitrogens with zero attached hydrogens (tertiary/aromatic N) is 2. The first-order chi connectivity index (χ1) is 13.8. The van der Waals surface area contributed by atoms with Crippen molar-refractivity contribution in [3.8, 4) is 11.5 Å². The molecule has 3 aromatic rings. The molecule has 0 saturated heterocycles. The second-order valence-corrected chi connectivity index (χ2v) is 8.21. The molecule has 2 aromatic heterocycles. The lowest BCUT2D eigenvalue weighted by molar-refractivity contribution is 0.0694. The number of hydrogen-bond donors (Lipinski definition) is 1. The molecule has 1 aliphatic heterocycles. The van der Waals surface area contributed by atoms with E-state index in [0.717, 1.165) is 11.8 Å². The van der Waals surface area contributed by atoms with Crippen molar-refractivity contribution >= 4 is 28.2 Å². The predicted octanol–water partition coefficient (Wildman–Crippen LogP) is 3.95. The second kappa shape index (κ2) is 7.14. The number of carboxylic acids is 1. The third kappa shape index (κ3) is 3.25. The van der Waals surface area contributed by atoms with Crippen molar-refractivity contribution in [3.63, 3.8) is 0 Å². The lowest BCUT2D eigenvalue weighted by Crippen LogP contribution is -2.27. The molecule has 7 nitrogen and oxygen atoms in total. The fraction of sp³-hybridized carbons (Fsp3) is 0.350. The van der Waals surface area contributed by atoms with E-state index in [1.807, 2.05) is 26.2 Å². The van der Waals surface area contributed by atoms with Crippen LogP contribution in [0.15, 0.2) is 22.4 Å². The highest BCUT2D eigenvalue weighted by Gasteiger charge is 2.29. The third-order valence-electron chi connectivity index (χ3n) is 4.86. The summed E-state index contributed by atoms with van der Waals surface area (Å²) < 4.78 is 27.9. The lowest BCUT2D eigenvalue weighted by Gasteiger charge is -2.28. The molecule has 0 radical (unpaired) electrons. The first-order valence-electron chi connectivity index (χ1n) is 9.12. The molecular formula is C20H19FN2O5S. The van der Waals surface area contributed by atoms with Crippen LogP contribution in [-0.4, -0.2) is 27.2 Å². The Balaban J connectivity index is 1.82. The van der Waals surface area contributed by atoms with Crippen LogP contribution in [0.4, 0.5) is 4.39 Å². The van der Waals surface area contributed by atoms with Gasteiger partial charge in [0.15, 0.2) is 17.3 Å². The first kappa shape index (κ1) is 19.4. The molecule has 0 bridgehead atoms. The molecule has 1 atom stereocenters. The fourth-order valence-corrected chi connectivity index (χ4v) is 4.15. The highest BCUT2D eigenvalue weighted by atomic mass is 32.1. The quantitative estimate of drug-likeness (QED) is 0.675. The maximum Gasteiger partial charge on any atom is 0.341 e. The molecule has 0 aliphatic carbocycles. The maximum absolute atomic E-state index is 14.9. The Hall–Kier alpha value is -2.94. The van der Waals surface area contributed by atoms with Gasteiger partial charge in [-0.05, 0) is 18.9 Å². The SMILES string of the molecule is CC(C)c1csc(COc2c(F)cc3c(=O)c(C(=O)O)cn4c3c2OC[C@@H]4C)n1. The molecule has 152 valence electrons. The van der Waals surface area contributed by atoms with Crippen molar-refractivity contribution in [2.45, 2.75) is 39.3 Å². The molecule has 9 heteroatoms. The van der Waals surface area contributed by atoms with Gasteiger partial charge < -0.3 is 19.1 Å². The topological polar surface area (TPSA) is 90.7 Å². The largest absolute Gasteiger partial charge is 0.485 e. The summed E-state index contributed by atoms with van der Waals surface area (Å²) in [6.45, 7) is 6.14. The summed E-state index contributed by atoms with van der Waals surface area (Å²) in [5.74, 6) is -1.86. The van der Waals surface area contributed by atoms with Gasteiger partial charge in [0.25, 0.3) is 0 Å². The number of hydrogen-bond acceptors (Lipinski definition) is 6. The summed E-state index contributed by atoms with van der Waals surface area (Å²) in [5, 5.41) is 11.9. The van der Waals surface area contributed by atoms with Gasteiger partial charge in [-0.1, -0.05) is 13.8 Å². The van der Waals surface area contributed by atoms with Gasteiger partial charge in [-0.15, -0.1) is 11.3 Å². The number of rotatable bonds is 5. The summed E-state index contributed by atoms with van der Waals surface area (Å²) in [4.78, 5) is 28.5. The normalized spacial score (nSPS) is 15.6. The van der Waals surface area contributed by atoms with Crippen LogP contribution in [-0.2, 0) is 6.61 Å². The average molecular weight is 418 g/mol. The Morgan fingerprint density at radius 2 is 2.28 bits per heavy atom. The molecule has 1 aromatic carbocycles. The van der Waals surface area contributed by atoms with Gasteiger partial charge in [-0.2, -0.15) is 0 Å². The number of pyridine rings is 1. The molecule has 3 heterocycles. The summed E-state index contributed by atoms with van der Waals surface area (Å²) >= 11 is 1.43. The molecule has 29 heavy (non-hydrogen) atoms. The monoisotopic (exact) mass is 418 g/mol. The van der Waals surface area contributed by atoms with E-state index in [-0.39, 0.29) is 42.1 Å². The van der Waals surface area contributed by atoms with Crippen molar-refractivity contribution in [1.29, 1.82) is 0 Å². The number of carboxylic acid groups (broad SMARTS) is 1. The first-order valence-corrected chi connectivity index (χ1v) is 10.0. The van der Waals surface area contributed by atoms with Gasteiger partial charge >= 0.3 is 5.97 Å². The zero-order chi connectivity index (χ0) is 20.9. The summed E-state index contributed by atoms with van der Waals surface area (Å²) in [6, 6.07) is 0.789. The number of aromatic nitrogens is 2. The molecule has 0 amide bonds. The van der Waals surface area contributed by atoms with Crippen LogP contribution in [0.5, 0.6) is 11.5 Å². The second-order valence-electron chi connectivity index (χ2n) is 7.27. The maximum atomic E-state index is 14.9. The molecule has 1 aliphatic rings. The van der Waals surface area contributed by atoms with Crippen molar-refractivity contribution in [3.05, 3.63) is 49.9 Å². The number of thiazole rings is 1. The highest BCUT2D eigenvalue weighted by Crippen LogP contribution is 2.41. The van der Waals surface area contributed by atoms with Crippen LogP contribution in [0.2, 0.25) is 0 Å². The van der Waals surface area contributed by atoms with E-state index < -0.39 is 22.8 Å². The number of carbonyl (C=O) groups is 1. The van der Waals surface area contributed by atoms with E-state index in [9.17, 15) is 19.1 Å². The molecule has 0 unspecified atom stereocenters. The Kier molecular flexibility index (Phi) is 4.77. The Labute approximate surface area is 169 Å². The minimum absolute atomic E-state index is 0.0485. The summed E-state index contributed by atoms with van der Waals surface area (Å²) in [7, 11) is 0. The van der Waals surface area contributed by atoms with E-state index in [0.29, 0.717) is 10.5 Å². The Morgan fingerprint density at radius 3 is 2.93 bits per heavy atom. The number of aromatic carboxylic acids is 1. The van der Waals surface area contributed by atoms with Crippen LogP contribution in [0.3, 0.4) is 0 Å². The highest BCUT2D eigenvalue weighted by molar-refractivity contribution is 7.09. The fourth-order valence-electron chi connectivity index (χ4n) is 3.28. The van der Waals surface area contributed by atoms with Crippen LogP contribution in [0.1, 0.15) is 53.8 Å². The zero-order valence-electron chi connectivity index (χ0n) is 16.1. The van der Waals surface area contributed by atoms with E-state index in [4.69, 9.17) is 9.47 Å². The van der Waals surface area contributed by atoms with Crippen molar-refractivity contribution in [2.24, 2.45) is 0 Å². The van der Waals surface area contributed by atoms with Crippen LogP contribution in [0, 0.1) is 5.82 Å². The smallest absolute Gasteiger partial charge is 0.341 e. The molecule has 1 N–H and O–H groups in total. The summed E-state index contributed by atoms with van der Waals surface area (Å²) in [6.07, 6.45) is 1.28. The zero-order valence-corrected chi connectivity index (χ0v) is 16.9. The molecule has 0 fully saturated rings. The number of ether oxygens (including phenoxy) is 2. The van der Waals surface area contributed by atoms with Crippen molar-refractivity contribution in [1.82, 2.24) is 9.55 Å². The molecule has 0 spiro atoms. The predicted molar refractivity (Wildman–Crippen MR) is 106 cm³/mol. The molecular weight excluding hydrogens is 399 g/mol. The van der Waals surface area contributed by atoms with Crippen LogP contribution < -0.4 is 14.9 Å². The van der Waals surface area contributed by atoms with Gasteiger partial charge in [-0.3, -0.25) is 4.79 Å². The van der Waals surface area contributed by atoms with Gasteiger partial charge in [0.2, 0.25) is 5.43 Å². The summed E-state index contributed by atoms with van der Waals surface area (Å²) in [5.41, 5.74) is 0.107. The van der Waals surface area contributed by atoms with Gasteiger partial charge in [0.05, 0.1) is 22.6 Å². The third-order valence-corrected chi connectivity index (χ3v) is 5.70. The Bertz CT molecular complexity index is 1180. The minimum Gasteiger partial charge on any atom is -0.485 e. The minimum atomic E-state index is -1.36. The van der Waals surface area contributed by atoms with Crippen molar-refractivity contribution < 1.29 is 23.8 Å². The number of halogens is 1. The van der Waals surface area contributed by atoms with Crippen LogP contribution >= 0.6 is 11.3 Å². The van der Waals surface area contributed by atoms with E-state index in [1.54, 1.807) is 4.57 Å². The van der Waals surface area contributed by atoms with E-state index in [2.05, 4.69) is 4.98 Å². The van der Waals surface area contributed by atoms with Gasteiger partial charge in [0.1, 0.15) is 23.8 Å². The Morgan fingerprint density at radius 1 is 1.52 bits per heavy atom. The average Bonchev–Trinajstić information content (AvgIpc) is 3.14. The number of benzene rings is 1.